The van der Waals surface area contributed by atoms with Crippen LogP contribution in [-0.2, 0) is 0 Å². The first-order chi connectivity index (χ1) is 10.6. The molecule has 0 atom stereocenters. The predicted molar refractivity (Wildman–Crippen MR) is 91.8 cm³/mol. The monoisotopic (exact) mass is 296 g/mol. The zero-order valence-corrected chi connectivity index (χ0v) is 13.9. The van der Waals surface area contributed by atoms with E-state index in [4.69, 9.17) is 0 Å². The minimum Gasteiger partial charge on any atom is -0.368 e. The summed E-state index contributed by atoms with van der Waals surface area (Å²) in [5.74, 6) is 1.09. The van der Waals surface area contributed by atoms with Gasteiger partial charge in [-0.25, -0.2) is 9.97 Å². The molecule has 1 saturated heterocycles. The topological polar surface area (TPSA) is 32.3 Å². The standard InChI is InChI=1S/C18H24N4/c1-13-5-6-14(2)17(11-13)21-7-9-22(10-8-21)18-15(3)16(4)19-12-20-18/h5-6,11-12H,7-10H2,1-4H3. The predicted octanol–water partition coefficient (Wildman–Crippen LogP) is 3.04. The van der Waals surface area contributed by atoms with E-state index in [0.717, 1.165) is 37.7 Å². The van der Waals surface area contributed by atoms with Crippen molar-refractivity contribution in [3.05, 3.63) is 46.9 Å². The zero-order chi connectivity index (χ0) is 15.7. The smallest absolute Gasteiger partial charge is 0.135 e. The van der Waals surface area contributed by atoms with E-state index in [-0.39, 0.29) is 0 Å². The van der Waals surface area contributed by atoms with Crippen LogP contribution in [0.4, 0.5) is 11.5 Å². The molecule has 2 heterocycles. The molecule has 0 N–H and O–H groups in total. The van der Waals surface area contributed by atoms with E-state index in [1.54, 1.807) is 6.33 Å². The summed E-state index contributed by atoms with van der Waals surface area (Å²) in [4.78, 5) is 13.6. The quantitative estimate of drug-likeness (QED) is 0.852. The van der Waals surface area contributed by atoms with Crippen LogP contribution in [0.3, 0.4) is 0 Å². The fraction of sp³-hybridized carbons (Fsp3) is 0.444. The van der Waals surface area contributed by atoms with Gasteiger partial charge in [0.1, 0.15) is 12.1 Å². The van der Waals surface area contributed by atoms with Crippen molar-refractivity contribution in [1.82, 2.24) is 9.97 Å². The van der Waals surface area contributed by atoms with Crippen LogP contribution in [0.5, 0.6) is 0 Å². The van der Waals surface area contributed by atoms with E-state index in [2.05, 4.69) is 58.7 Å². The summed E-state index contributed by atoms with van der Waals surface area (Å²) < 4.78 is 0. The van der Waals surface area contributed by atoms with Crippen molar-refractivity contribution in [2.24, 2.45) is 0 Å². The second-order valence-corrected chi connectivity index (χ2v) is 6.17. The first kappa shape index (κ1) is 14.8. The van der Waals surface area contributed by atoms with Crippen molar-refractivity contribution in [2.75, 3.05) is 36.0 Å². The molecule has 0 amide bonds. The third kappa shape index (κ3) is 2.78. The van der Waals surface area contributed by atoms with Gasteiger partial charge in [0.25, 0.3) is 0 Å². The van der Waals surface area contributed by atoms with Crippen molar-refractivity contribution in [2.45, 2.75) is 27.7 Å². The van der Waals surface area contributed by atoms with Crippen molar-refractivity contribution >= 4 is 11.5 Å². The van der Waals surface area contributed by atoms with Crippen molar-refractivity contribution in [3.63, 3.8) is 0 Å². The molecule has 2 aromatic rings. The Labute approximate surface area is 132 Å². The fourth-order valence-electron chi connectivity index (χ4n) is 3.06. The van der Waals surface area contributed by atoms with Crippen LogP contribution in [0.25, 0.3) is 0 Å². The SMILES string of the molecule is Cc1ccc(C)c(N2CCN(c3ncnc(C)c3C)CC2)c1. The first-order valence-electron chi connectivity index (χ1n) is 7.91. The van der Waals surface area contributed by atoms with E-state index in [0.29, 0.717) is 0 Å². The highest BCUT2D eigenvalue weighted by molar-refractivity contribution is 5.57. The lowest BCUT2D eigenvalue weighted by Crippen LogP contribution is -2.47. The molecule has 0 radical (unpaired) electrons. The highest BCUT2D eigenvalue weighted by Crippen LogP contribution is 2.25. The summed E-state index contributed by atoms with van der Waals surface area (Å²) in [5, 5.41) is 0. The summed E-state index contributed by atoms with van der Waals surface area (Å²) >= 11 is 0. The van der Waals surface area contributed by atoms with E-state index in [1.807, 2.05) is 6.92 Å². The lowest BCUT2D eigenvalue weighted by molar-refractivity contribution is 0.643. The third-order valence-corrected chi connectivity index (χ3v) is 4.59. The number of anilines is 2. The van der Waals surface area contributed by atoms with Crippen LogP contribution in [0.15, 0.2) is 24.5 Å². The van der Waals surface area contributed by atoms with Gasteiger partial charge < -0.3 is 9.80 Å². The molecule has 1 aliphatic heterocycles. The summed E-state index contributed by atoms with van der Waals surface area (Å²) in [6, 6.07) is 6.70. The minimum absolute atomic E-state index is 1.00. The van der Waals surface area contributed by atoms with Crippen molar-refractivity contribution < 1.29 is 0 Å². The van der Waals surface area contributed by atoms with Gasteiger partial charge in [0.15, 0.2) is 0 Å². The molecule has 3 rings (SSSR count). The highest BCUT2D eigenvalue weighted by atomic mass is 15.3. The second kappa shape index (κ2) is 5.95. The number of rotatable bonds is 2. The largest absolute Gasteiger partial charge is 0.368 e. The molecular formula is C18H24N4. The number of aromatic nitrogens is 2. The Morgan fingerprint density at radius 3 is 2.27 bits per heavy atom. The van der Waals surface area contributed by atoms with E-state index < -0.39 is 0 Å². The lowest BCUT2D eigenvalue weighted by atomic mass is 10.1. The van der Waals surface area contributed by atoms with Gasteiger partial charge in [0, 0.05) is 43.1 Å². The minimum atomic E-state index is 1.00. The third-order valence-electron chi connectivity index (χ3n) is 4.59. The molecule has 1 aliphatic rings. The van der Waals surface area contributed by atoms with Gasteiger partial charge in [0.2, 0.25) is 0 Å². The first-order valence-corrected chi connectivity index (χ1v) is 7.91. The molecule has 1 aromatic heterocycles. The number of hydrogen-bond acceptors (Lipinski definition) is 4. The summed E-state index contributed by atoms with van der Waals surface area (Å²) in [7, 11) is 0. The number of nitrogens with zero attached hydrogens (tertiary/aromatic N) is 4. The molecule has 116 valence electrons. The number of benzene rings is 1. The molecular weight excluding hydrogens is 272 g/mol. The normalized spacial score (nSPS) is 15.3. The van der Waals surface area contributed by atoms with Crippen LogP contribution >= 0.6 is 0 Å². The van der Waals surface area contributed by atoms with Crippen LogP contribution in [-0.4, -0.2) is 36.1 Å². The maximum atomic E-state index is 4.49. The maximum Gasteiger partial charge on any atom is 0.135 e. The molecule has 0 aliphatic carbocycles. The maximum absolute atomic E-state index is 4.49. The molecule has 22 heavy (non-hydrogen) atoms. The van der Waals surface area contributed by atoms with Crippen LogP contribution in [0, 0.1) is 27.7 Å². The molecule has 1 aromatic carbocycles. The van der Waals surface area contributed by atoms with Crippen LogP contribution in [0.1, 0.15) is 22.4 Å². The molecule has 4 nitrogen and oxygen atoms in total. The number of hydrogen-bond donors (Lipinski definition) is 0. The Kier molecular flexibility index (Phi) is 4.01. The van der Waals surface area contributed by atoms with Gasteiger partial charge in [-0.05, 0) is 44.9 Å². The lowest BCUT2D eigenvalue weighted by Gasteiger charge is -2.38. The fourth-order valence-corrected chi connectivity index (χ4v) is 3.06. The summed E-state index contributed by atoms with van der Waals surface area (Å²) in [6.07, 6.45) is 1.68. The second-order valence-electron chi connectivity index (χ2n) is 6.17. The molecule has 0 spiro atoms. The Morgan fingerprint density at radius 1 is 0.864 bits per heavy atom. The number of piperazine rings is 1. The van der Waals surface area contributed by atoms with Gasteiger partial charge in [-0.3, -0.25) is 0 Å². The van der Waals surface area contributed by atoms with E-state index >= 15 is 0 Å². The Balaban J connectivity index is 1.75. The van der Waals surface area contributed by atoms with Gasteiger partial charge >= 0.3 is 0 Å². The molecule has 0 saturated carbocycles. The molecule has 0 unspecified atom stereocenters. The number of aryl methyl sites for hydroxylation is 3. The average molecular weight is 296 g/mol. The van der Waals surface area contributed by atoms with Gasteiger partial charge in [-0.15, -0.1) is 0 Å². The molecule has 0 bridgehead atoms. The Morgan fingerprint density at radius 2 is 1.55 bits per heavy atom. The molecule has 1 fully saturated rings. The van der Waals surface area contributed by atoms with E-state index in [1.165, 1.54) is 22.4 Å². The summed E-state index contributed by atoms with van der Waals surface area (Å²) in [5.41, 5.74) is 6.32. The van der Waals surface area contributed by atoms with Crippen LogP contribution < -0.4 is 9.80 Å². The highest BCUT2D eigenvalue weighted by Gasteiger charge is 2.21. The average Bonchev–Trinajstić information content (AvgIpc) is 2.53. The van der Waals surface area contributed by atoms with Gasteiger partial charge in [-0.1, -0.05) is 12.1 Å². The Hall–Kier alpha value is -2.10. The summed E-state index contributed by atoms with van der Waals surface area (Å²) in [6.45, 7) is 12.6. The van der Waals surface area contributed by atoms with E-state index in [9.17, 15) is 0 Å². The van der Waals surface area contributed by atoms with Crippen LogP contribution in [0.2, 0.25) is 0 Å². The van der Waals surface area contributed by atoms with Crippen molar-refractivity contribution in [3.8, 4) is 0 Å². The van der Waals surface area contributed by atoms with Gasteiger partial charge in [0.05, 0.1) is 0 Å². The zero-order valence-electron chi connectivity index (χ0n) is 13.9. The van der Waals surface area contributed by atoms with Gasteiger partial charge in [-0.2, -0.15) is 0 Å². The molecule has 4 heteroatoms. The Bertz CT molecular complexity index is 663. The van der Waals surface area contributed by atoms with Crippen molar-refractivity contribution in [1.29, 1.82) is 0 Å².